The van der Waals surface area contributed by atoms with Crippen LogP contribution in [0.15, 0.2) is 35.5 Å². The average molecular weight is 183 g/mol. The van der Waals surface area contributed by atoms with E-state index in [1.165, 1.54) is 11.1 Å². The molecule has 0 amide bonds. The minimum absolute atomic E-state index is 0. The van der Waals surface area contributed by atoms with E-state index in [4.69, 9.17) is 0 Å². The molecule has 2 aliphatic carbocycles. The molecule has 0 radical (unpaired) electrons. The molecule has 0 heterocycles. The van der Waals surface area contributed by atoms with Crippen molar-refractivity contribution in [2.75, 3.05) is 0 Å². The molecule has 0 aliphatic heterocycles. The van der Waals surface area contributed by atoms with E-state index in [0.29, 0.717) is 0 Å². The second kappa shape index (κ2) is 7.16. The molecule has 13 heavy (non-hydrogen) atoms. The zero-order valence-corrected chi connectivity index (χ0v) is 9.84. The zero-order chi connectivity index (χ0) is 8.81. The first kappa shape index (κ1) is 12.7. The molecule has 0 aromatic heterocycles. The largest absolute Gasteiger partial charge is 2.00 e. The Balaban J connectivity index is 0.000000206. The van der Waals surface area contributed by atoms with E-state index in [1.807, 2.05) is 0 Å². The first-order valence-corrected chi connectivity index (χ1v) is 4.27. The Hall–Kier alpha value is -0.274. The van der Waals surface area contributed by atoms with Gasteiger partial charge in [-0.05, 0) is 0 Å². The molecule has 2 aliphatic rings. The molecule has 0 bridgehead atoms. The van der Waals surface area contributed by atoms with E-state index in [0.717, 1.165) is 12.8 Å². The van der Waals surface area contributed by atoms with Crippen LogP contribution in [0.1, 0.15) is 26.7 Å². The fraction of sp³-hybridized carbons (Fsp3) is 0.333. The molecule has 64 valence electrons. The van der Waals surface area contributed by atoms with Crippen LogP contribution in [0, 0.1) is 12.2 Å². The van der Waals surface area contributed by atoms with Gasteiger partial charge in [0.25, 0.3) is 0 Å². The van der Waals surface area contributed by atoms with Gasteiger partial charge in [-0.15, -0.1) is 12.8 Å². The van der Waals surface area contributed by atoms with Crippen LogP contribution >= 0.6 is 0 Å². The van der Waals surface area contributed by atoms with E-state index >= 15 is 0 Å². The second-order valence-corrected chi connectivity index (χ2v) is 2.93. The van der Waals surface area contributed by atoms with Crippen LogP contribution in [0.3, 0.4) is 0 Å². The molecule has 0 N–H and O–H groups in total. The van der Waals surface area contributed by atoms with Crippen molar-refractivity contribution in [2.45, 2.75) is 26.7 Å². The average Bonchev–Trinajstić information content (AvgIpc) is 2.63. The summed E-state index contributed by atoms with van der Waals surface area (Å²) in [5.74, 6) is 0. The summed E-state index contributed by atoms with van der Waals surface area (Å²) in [6.07, 6.45) is 16.7. The molecule has 0 nitrogen and oxygen atoms in total. The standard InChI is InChI=1S/2C6H7.Mg/c2*1-6-4-2-3-5-6;/h2*2,4H,3H2,1H3;/q2*-1;+2. The van der Waals surface area contributed by atoms with Gasteiger partial charge >= 0.3 is 23.1 Å². The maximum Gasteiger partial charge on any atom is 2.00 e. The molecular formula is C12H14Mg. The van der Waals surface area contributed by atoms with Gasteiger partial charge < -0.3 is 0 Å². The van der Waals surface area contributed by atoms with Crippen molar-refractivity contribution >= 4 is 23.1 Å². The zero-order valence-electron chi connectivity index (χ0n) is 8.43. The Labute approximate surface area is 97.3 Å². The van der Waals surface area contributed by atoms with E-state index in [-0.39, 0.29) is 23.1 Å². The fourth-order valence-electron chi connectivity index (χ4n) is 1.03. The predicted molar refractivity (Wildman–Crippen MR) is 58.1 cm³/mol. The first-order valence-electron chi connectivity index (χ1n) is 4.27. The minimum atomic E-state index is 0. The molecule has 2 rings (SSSR count). The SMILES string of the molecule is CC1=[C-]CC=C1.CC1=[C-]CC=C1.[Mg+2]. The maximum absolute atomic E-state index is 3.12. The molecule has 0 spiro atoms. The number of rotatable bonds is 0. The van der Waals surface area contributed by atoms with Crippen molar-refractivity contribution in [1.82, 2.24) is 0 Å². The van der Waals surface area contributed by atoms with Crippen molar-refractivity contribution in [3.8, 4) is 0 Å². The Morgan fingerprint density at radius 1 is 0.923 bits per heavy atom. The summed E-state index contributed by atoms with van der Waals surface area (Å²) in [5, 5.41) is 0. The van der Waals surface area contributed by atoms with Crippen LogP contribution < -0.4 is 0 Å². The molecule has 0 saturated heterocycles. The van der Waals surface area contributed by atoms with Gasteiger partial charge in [0.15, 0.2) is 0 Å². The number of hydrogen-bond donors (Lipinski definition) is 0. The predicted octanol–water partition coefficient (Wildman–Crippen LogP) is 3.01. The van der Waals surface area contributed by atoms with Gasteiger partial charge in [-0.2, -0.15) is 12.2 Å². The van der Waals surface area contributed by atoms with Gasteiger partial charge in [-0.3, -0.25) is 12.2 Å². The van der Waals surface area contributed by atoms with E-state index in [1.54, 1.807) is 0 Å². The first-order chi connectivity index (χ1) is 5.79. The van der Waals surface area contributed by atoms with E-state index < -0.39 is 0 Å². The third-order valence-electron chi connectivity index (χ3n) is 1.73. The molecule has 0 aromatic carbocycles. The quantitative estimate of drug-likeness (QED) is 0.399. The smallest absolute Gasteiger partial charge is 0.270 e. The second-order valence-electron chi connectivity index (χ2n) is 2.93. The fourth-order valence-corrected chi connectivity index (χ4v) is 1.03. The van der Waals surface area contributed by atoms with Crippen LogP contribution in [0.2, 0.25) is 0 Å². The number of hydrogen-bond acceptors (Lipinski definition) is 0. The Kier molecular flexibility index (Phi) is 7.01. The minimum Gasteiger partial charge on any atom is -0.270 e. The Morgan fingerprint density at radius 3 is 1.38 bits per heavy atom. The summed E-state index contributed by atoms with van der Waals surface area (Å²) < 4.78 is 0. The van der Waals surface area contributed by atoms with Gasteiger partial charge in [0.1, 0.15) is 0 Å². The van der Waals surface area contributed by atoms with Crippen LogP contribution in [0.5, 0.6) is 0 Å². The molecule has 0 fully saturated rings. The molecular weight excluding hydrogens is 168 g/mol. The molecule has 0 atom stereocenters. The van der Waals surface area contributed by atoms with Crippen LogP contribution in [0.4, 0.5) is 0 Å². The topological polar surface area (TPSA) is 0 Å². The van der Waals surface area contributed by atoms with Gasteiger partial charge in [-0.25, -0.2) is 23.3 Å². The van der Waals surface area contributed by atoms with Crippen LogP contribution in [-0.4, -0.2) is 23.1 Å². The van der Waals surface area contributed by atoms with Crippen molar-refractivity contribution < 1.29 is 0 Å². The van der Waals surface area contributed by atoms with E-state index in [9.17, 15) is 0 Å². The van der Waals surface area contributed by atoms with Crippen molar-refractivity contribution in [2.24, 2.45) is 0 Å². The summed E-state index contributed by atoms with van der Waals surface area (Å²) in [4.78, 5) is 0. The Bertz CT molecular complexity index is 221. The normalized spacial score (nSPS) is 17.1. The monoisotopic (exact) mass is 182 g/mol. The number of allylic oxidation sites excluding steroid dienone is 8. The molecule has 0 unspecified atom stereocenters. The van der Waals surface area contributed by atoms with Gasteiger partial charge in [0.2, 0.25) is 0 Å². The molecule has 0 aromatic rings. The van der Waals surface area contributed by atoms with Crippen molar-refractivity contribution in [1.29, 1.82) is 0 Å². The van der Waals surface area contributed by atoms with E-state index in [2.05, 4.69) is 50.3 Å². The van der Waals surface area contributed by atoms with Crippen molar-refractivity contribution in [3.05, 3.63) is 47.6 Å². The van der Waals surface area contributed by atoms with Crippen molar-refractivity contribution in [3.63, 3.8) is 0 Å². The van der Waals surface area contributed by atoms with Crippen LogP contribution in [-0.2, 0) is 0 Å². The summed E-state index contributed by atoms with van der Waals surface area (Å²) in [5.41, 5.74) is 2.55. The summed E-state index contributed by atoms with van der Waals surface area (Å²) >= 11 is 0. The summed E-state index contributed by atoms with van der Waals surface area (Å²) in [7, 11) is 0. The van der Waals surface area contributed by atoms with Gasteiger partial charge in [0, 0.05) is 0 Å². The maximum atomic E-state index is 3.12. The van der Waals surface area contributed by atoms with Crippen LogP contribution in [0.25, 0.3) is 0 Å². The third-order valence-corrected chi connectivity index (χ3v) is 1.73. The van der Waals surface area contributed by atoms with Gasteiger partial charge in [-0.1, -0.05) is 13.8 Å². The molecule has 1 heteroatoms. The summed E-state index contributed by atoms with van der Waals surface area (Å²) in [6.45, 7) is 4.12. The Morgan fingerprint density at radius 2 is 1.31 bits per heavy atom. The third kappa shape index (κ3) is 5.89. The summed E-state index contributed by atoms with van der Waals surface area (Å²) in [6, 6.07) is 0. The van der Waals surface area contributed by atoms with Gasteiger partial charge in [0.05, 0.1) is 0 Å². The molecule has 0 saturated carbocycles.